The molecule has 3 aliphatic rings. The molecule has 1 amide bonds. The van der Waals surface area contributed by atoms with Gasteiger partial charge < -0.3 is 36.0 Å². The van der Waals surface area contributed by atoms with Crippen molar-refractivity contribution in [2.75, 3.05) is 24.3 Å². The molecule has 0 radical (unpaired) electrons. The first kappa shape index (κ1) is 27.9. The predicted molar refractivity (Wildman–Crippen MR) is 145 cm³/mol. The van der Waals surface area contributed by atoms with E-state index in [-0.39, 0.29) is 47.7 Å². The molecule has 3 aliphatic carbocycles. The van der Waals surface area contributed by atoms with Crippen LogP contribution in [0.4, 0.5) is 20.2 Å². The maximum absolute atomic E-state index is 13.7. The maximum Gasteiger partial charge on any atom is 0.387 e. The van der Waals surface area contributed by atoms with Gasteiger partial charge >= 0.3 is 6.61 Å². The van der Waals surface area contributed by atoms with Crippen molar-refractivity contribution in [2.24, 2.45) is 23.5 Å². The monoisotopic (exact) mass is 569 g/mol. The third-order valence-electron chi connectivity index (χ3n) is 7.98. The van der Waals surface area contributed by atoms with Crippen molar-refractivity contribution in [1.29, 1.82) is 0 Å². The van der Waals surface area contributed by atoms with Crippen LogP contribution in [0.2, 0.25) is 0 Å². The van der Waals surface area contributed by atoms with Crippen molar-refractivity contribution >= 4 is 34.6 Å². The number of amides is 1. The van der Waals surface area contributed by atoms with E-state index < -0.39 is 58.9 Å². The molecule has 0 heterocycles. The number of aromatic hydroxyl groups is 1. The van der Waals surface area contributed by atoms with Crippen LogP contribution in [0.15, 0.2) is 47.2 Å². The minimum Gasteiger partial charge on any atom is -0.511 e. The number of rotatable bonds is 7. The number of aliphatic hydroxyl groups is 2. The summed E-state index contributed by atoms with van der Waals surface area (Å²) in [5.74, 6) is -5.97. The Kier molecular flexibility index (Phi) is 7.10. The number of nitrogens with one attached hydrogen (secondary N) is 1. The Morgan fingerprint density at radius 3 is 2.44 bits per heavy atom. The fourth-order valence-electron chi connectivity index (χ4n) is 6.21. The zero-order valence-corrected chi connectivity index (χ0v) is 22.3. The number of hydrogen-bond donors (Lipinski definition) is 5. The molecule has 5 rings (SSSR count). The zero-order chi connectivity index (χ0) is 29.7. The van der Waals surface area contributed by atoms with Crippen LogP contribution in [0.1, 0.15) is 29.5 Å². The first-order chi connectivity index (χ1) is 19.4. The molecule has 0 bridgehead atoms. The molecule has 2 aromatic rings. The van der Waals surface area contributed by atoms with E-state index in [1.54, 1.807) is 32.3 Å². The molecule has 10 nitrogen and oxygen atoms in total. The van der Waals surface area contributed by atoms with Gasteiger partial charge in [0.25, 0.3) is 5.91 Å². The van der Waals surface area contributed by atoms with Gasteiger partial charge in [-0.2, -0.15) is 8.78 Å². The Hall–Kier alpha value is -4.61. The van der Waals surface area contributed by atoms with Crippen molar-refractivity contribution in [3.05, 3.63) is 63.9 Å². The van der Waals surface area contributed by atoms with Crippen molar-refractivity contribution in [2.45, 2.75) is 32.4 Å². The number of benzene rings is 2. The molecular weight excluding hydrogens is 540 g/mol. The summed E-state index contributed by atoms with van der Waals surface area (Å²) in [6, 6.07) is 7.68. The standard InChI is InChI=1S/C29H29F2N3O7/c1-34(2)18-10-17(33-11-12-3-5-15(6-4-12)41-29(30)31)24(36)22-16(18)8-13-7-14-9-19(35)23(28(32)40)27(39)21(14)25(37)20(13)26(22)38/h3-6,10,13-14,21,29,33,36,38-39H,7-9,11H2,1-2H3,(H2,32,40). The number of aliphatic hydroxyl groups excluding tert-OH is 2. The highest BCUT2D eigenvalue weighted by atomic mass is 19.3. The van der Waals surface area contributed by atoms with Gasteiger partial charge in [0.1, 0.15) is 28.6 Å². The number of halogens is 2. The van der Waals surface area contributed by atoms with Gasteiger partial charge in [-0.3, -0.25) is 14.4 Å². The van der Waals surface area contributed by atoms with Gasteiger partial charge in [0, 0.05) is 38.3 Å². The SMILES string of the molecule is CN(C)c1cc(NCc2ccc(OC(F)F)cc2)c(O)c2c1CC1CC3CC(=O)C(C(N)=O)=C(O)C3C(=O)C1=C2O. The average Bonchev–Trinajstić information content (AvgIpc) is 2.87. The molecule has 6 N–H and O–H groups in total. The summed E-state index contributed by atoms with van der Waals surface area (Å²) in [4.78, 5) is 39.8. The fourth-order valence-corrected chi connectivity index (χ4v) is 6.21. The molecule has 0 spiro atoms. The van der Waals surface area contributed by atoms with Crippen molar-refractivity contribution < 1.29 is 43.2 Å². The topological polar surface area (TPSA) is 162 Å². The van der Waals surface area contributed by atoms with Gasteiger partial charge in [-0.15, -0.1) is 0 Å². The number of alkyl halides is 2. The van der Waals surface area contributed by atoms with Gasteiger partial charge in [-0.05, 0) is 54.0 Å². The molecule has 2 aromatic carbocycles. The van der Waals surface area contributed by atoms with Crippen LogP contribution in [0.25, 0.3) is 5.76 Å². The molecule has 1 fully saturated rings. The molecule has 0 aliphatic heterocycles. The Labute approximate surface area is 233 Å². The number of ether oxygens (including phenoxy) is 1. The van der Waals surface area contributed by atoms with Crippen LogP contribution in [-0.2, 0) is 27.3 Å². The zero-order valence-electron chi connectivity index (χ0n) is 22.3. The highest BCUT2D eigenvalue weighted by molar-refractivity contribution is 6.21. The molecule has 3 atom stereocenters. The van der Waals surface area contributed by atoms with Crippen LogP contribution in [0.5, 0.6) is 11.5 Å². The number of nitrogens with zero attached hydrogens (tertiary/aromatic N) is 1. The first-order valence-electron chi connectivity index (χ1n) is 13.0. The van der Waals surface area contributed by atoms with Gasteiger partial charge in [0.2, 0.25) is 0 Å². The molecular formula is C29H29F2N3O7. The molecule has 41 heavy (non-hydrogen) atoms. The summed E-state index contributed by atoms with van der Waals surface area (Å²) >= 11 is 0. The number of ketones is 2. The van der Waals surface area contributed by atoms with Crippen LogP contribution in [0, 0.1) is 17.8 Å². The van der Waals surface area contributed by atoms with E-state index in [0.717, 1.165) is 0 Å². The number of carbonyl (C=O) groups is 3. The normalized spacial score (nSPS) is 21.8. The first-order valence-corrected chi connectivity index (χ1v) is 13.0. The number of fused-ring (bicyclic) bond motifs is 3. The number of phenolic OH excluding ortho intramolecular Hbond substituents is 1. The predicted octanol–water partition coefficient (Wildman–Crippen LogP) is 3.59. The second-order valence-electron chi connectivity index (χ2n) is 10.7. The minimum atomic E-state index is -2.94. The number of allylic oxidation sites excluding steroid dienone is 2. The Morgan fingerprint density at radius 1 is 1.15 bits per heavy atom. The molecule has 3 unspecified atom stereocenters. The smallest absolute Gasteiger partial charge is 0.387 e. The summed E-state index contributed by atoms with van der Waals surface area (Å²) in [6.45, 7) is -2.75. The number of hydrogen-bond acceptors (Lipinski definition) is 9. The Morgan fingerprint density at radius 2 is 1.83 bits per heavy atom. The van der Waals surface area contributed by atoms with Crippen molar-refractivity contribution in [3.8, 4) is 11.5 Å². The van der Waals surface area contributed by atoms with Gasteiger partial charge in [-0.1, -0.05) is 12.1 Å². The lowest BCUT2D eigenvalue weighted by Gasteiger charge is -2.41. The van der Waals surface area contributed by atoms with Crippen LogP contribution in [0.3, 0.4) is 0 Å². The highest BCUT2D eigenvalue weighted by Crippen LogP contribution is 2.52. The average molecular weight is 570 g/mol. The summed E-state index contributed by atoms with van der Waals surface area (Å²) in [5.41, 5.74) is 7.04. The number of anilines is 2. The van der Waals surface area contributed by atoms with Gasteiger partial charge in [0.05, 0.1) is 17.2 Å². The molecule has 0 saturated heterocycles. The maximum atomic E-state index is 13.7. The van der Waals surface area contributed by atoms with Crippen LogP contribution < -0.4 is 20.7 Å². The van der Waals surface area contributed by atoms with E-state index in [1.807, 2.05) is 4.90 Å². The van der Waals surface area contributed by atoms with E-state index in [2.05, 4.69) is 10.1 Å². The molecule has 12 heteroatoms. The Balaban J connectivity index is 1.52. The van der Waals surface area contributed by atoms with E-state index in [4.69, 9.17) is 5.73 Å². The third-order valence-corrected chi connectivity index (χ3v) is 7.98. The van der Waals surface area contributed by atoms with Crippen molar-refractivity contribution in [1.82, 2.24) is 0 Å². The number of nitrogens with two attached hydrogens (primary N) is 1. The second-order valence-corrected chi connectivity index (χ2v) is 10.7. The summed E-state index contributed by atoms with van der Waals surface area (Å²) in [7, 11) is 3.59. The van der Waals surface area contributed by atoms with Crippen LogP contribution in [-0.4, -0.2) is 53.5 Å². The summed E-state index contributed by atoms with van der Waals surface area (Å²) in [5, 5.41) is 36.6. The molecule has 216 valence electrons. The summed E-state index contributed by atoms with van der Waals surface area (Å²) < 4.78 is 29.2. The number of Topliss-reactive ketones (excluding diaryl/α,β-unsaturated/α-hetero) is 2. The lowest BCUT2D eigenvalue weighted by molar-refractivity contribution is -0.127. The lowest BCUT2D eigenvalue weighted by atomic mass is 9.61. The van der Waals surface area contributed by atoms with E-state index in [1.165, 1.54) is 12.1 Å². The molecule has 0 aromatic heterocycles. The highest BCUT2D eigenvalue weighted by Gasteiger charge is 2.51. The van der Waals surface area contributed by atoms with Crippen LogP contribution >= 0.6 is 0 Å². The summed E-state index contributed by atoms with van der Waals surface area (Å²) in [6.07, 6.45) is 0.466. The Bertz CT molecular complexity index is 1520. The quantitative estimate of drug-likeness (QED) is 0.248. The van der Waals surface area contributed by atoms with Gasteiger partial charge in [0.15, 0.2) is 11.6 Å². The second kappa shape index (κ2) is 10.4. The minimum absolute atomic E-state index is 0.00641. The van der Waals surface area contributed by atoms with E-state index >= 15 is 0 Å². The van der Waals surface area contributed by atoms with Gasteiger partial charge in [-0.25, -0.2) is 0 Å². The number of primary amides is 1. The number of phenols is 1. The largest absolute Gasteiger partial charge is 0.511 e. The van der Waals surface area contributed by atoms with E-state index in [9.17, 15) is 38.5 Å². The number of carbonyl (C=O) groups excluding carboxylic acids is 3. The lowest BCUT2D eigenvalue weighted by Crippen LogP contribution is -2.44. The van der Waals surface area contributed by atoms with Crippen molar-refractivity contribution in [3.63, 3.8) is 0 Å². The van der Waals surface area contributed by atoms with E-state index in [0.29, 0.717) is 23.2 Å². The third kappa shape index (κ3) is 4.83. The fraction of sp³-hybridized carbons (Fsp3) is 0.345. The molecule has 1 saturated carbocycles.